The average molecular weight is 361 g/mol. The molecule has 2 aromatic rings. The molecule has 1 atom stereocenters. The van der Waals surface area contributed by atoms with Crippen LogP contribution in [0.15, 0.2) is 30.6 Å². The van der Waals surface area contributed by atoms with Gasteiger partial charge in [-0.3, -0.25) is 4.79 Å². The highest BCUT2D eigenvalue weighted by Gasteiger charge is 2.23. The molecule has 1 aliphatic heterocycles. The normalized spacial score (nSPS) is 17.2. The summed E-state index contributed by atoms with van der Waals surface area (Å²) in [6.07, 6.45) is 3.60. The lowest BCUT2D eigenvalue weighted by Gasteiger charge is -2.30. The number of piperidine rings is 1. The van der Waals surface area contributed by atoms with Crippen molar-refractivity contribution in [3.05, 3.63) is 41.3 Å². The Morgan fingerprint density at radius 1 is 1.36 bits per heavy atom. The molecule has 0 spiro atoms. The lowest BCUT2D eigenvalue weighted by molar-refractivity contribution is 0.0677. The molecule has 1 aromatic carbocycles. The molecule has 1 saturated heterocycles. The predicted molar refractivity (Wildman–Crippen MR) is 97.6 cm³/mol. The van der Waals surface area contributed by atoms with E-state index >= 15 is 0 Å². The number of hydrogen-bond acceptors (Lipinski definition) is 5. The van der Waals surface area contributed by atoms with E-state index in [0.717, 1.165) is 25.2 Å². The van der Waals surface area contributed by atoms with Crippen LogP contribution in [0.3, 0.4) is 0 Å². The smallest absolute Gasteiger partial charge is 0.272 e. The second kappa shape index (κ2) is 7.70. The number of halogens is 1. The van der Waals surface area contributed by atoms with Crippen molar-refractivity contribution in [2.24, 2.45) is 5.92 Å². The summed E-state index contributed by atoms with van der Waals surface area (Å²) >= 11 is 6.13. The molecule has 25 heavy (non-hydrogen) atoms. The molecule has 7 heteroatoms. The first-order chi connectivity index (χ1) is 12.1. The van der Waals surface area contributed by atoms with Gasteiger partial charge in [0.15, 0.2) is 0 Å². The first-order valence-corrected chi connectivity index (χ1v) is 8.66. The second-order valence-corrected chi connectivity index (χ2v) is 6.67. The highest BCUT2D eigenvalue weighted by Crippen LogP contribution is 2.28. The van der Waals surface area contributed by atoms with E-state index < -0.39 is 0 Å². The molecular weight excluding hydrogens is 340 g/mol. The zero-order valence-electron chi connectivity index (χ0n) is 14.3. The number of ether oxygens (including phenoxy) is 1. The van der Waals surface area contributed by atoms with Gasteiger partial charge in [0.2, 0.25) is 0 Å². The predicted octanol–water partition coefficient (Wildman–Crippen LogP) is 3.75. The quantitative estimate of drug-likeness (QED) is 0.899. The van der Waals surface area contributed by atoms with Crippen molar-refractivity contribution in [3.63, 3.8) is 0 Å². The fraction of sp³-hybridized carbons (Fsp3) is 0.389. The Morgan fingerprint density at radius 3 is 2.92 bits per heavy atom. The molecule has 1 N–H and O–H groups in total. The summed E-state index contributed by atoms with van der Waals surface area (Å²) in [5, 5.41) is 3.64. The number of methoxy groups -OCH3 is 1. The lowest BCUT2D eigenvalue weighted by atomic mass is 10.00. The third-order valence-corrected chi connectivity index (χ3v) is 4.55. The van der Waals surface area contributed by atoms with E-state index in [4.69, 9.17) is 16.3 Å². The second-order valence-electron chi connectivity index (χ2n) is 6.26. The van der Waals surface area contributed by atoms with E-state index in [1.807, 2.05) is 11.0 Å². The van der Waals surface area contributed by atoms with Crippen LogP contribution in [0, 0.1) is 5.92 Å². The molecule has 1 amide bonds. The standard InChI is InChI=1S/C18H21ClN4O2/c1-12-4-3-7-23(10-12)18(24)15-9-17(21-11-20-15)22-13-5-6-16(25-2)14(19)8-13/h5-6,8-9,11-12H,3-4,7,10H2,1-2H3,(H,20,21,22). The molecular formula is C18H21ClN4O2. The summed E-state index contributed by atoms with van der Waals surface area (Å²) in [6.45, 7) is 3.73. The van der Waals surface area contributed by atoms with E-state index in [2.05, 4.69) is 22.2 Å². The number of carbonyl (C=O) groups excluding carboxylic acids is 1. The van der Waals surface area contributed by atoms with Crippen molar-refractivity contribution in [1.82, 2.24) is 14.9 Å². The van der Waals surface area contributed by atoms with Gasteiger partial charge >= 0.3 is 0 Å². The Kier molecular flexibility index (Phi) is 5.38. The molecule has 0 aliphatic carbocycles. The monoisotopic (exact) mass is 360 g/mol. The van der Waals surface area contributed by atoms with Crippen molar-refractivity contribution in [2.75, 3.05) is 25.5 Å². The Bertz CT molecular complexity index is 768. The SMILES string of the molecule is COc1ccc(Nc2cc(C(=O)N3CCCC(C)C3)ncn2)cc1Cl. The van der Waals surface area contributed by atoms with Gasteiger partial charge in [0.1, 0.15) is 23.6 Å². The number of rotatable bonds is 4. The van der Waals surface area contributed by atoms with Gasteiger partial charge in [-0.15, -0.1) is 0 Å². The van der Waals surface area contributed by atoms with E-state index in [-0.39, 0.29) is 5.91 Å². The summed E-state index contributed by atoms with van der Waals surface area (Å²) in [4.78, 5) is 22.8. The maximum atomic E-state index is 12.7. The third kappa shape index (κ3) is 4.20. The fourth-order valence-electron chi connectivity index (χ4n) is 2.97. The zero-order chi connectivity index (χ0) is 17.8. The number of nitrogens with one attached hydrogen (secondary N) is 1. The molecule has 132 valence electrons. The highest BCUT2D eigenvalue weighted by molar-refractivity contribution is 6.32. The van der Waals surface area contributed by atoms with Crippen LogP contribution in [-0.2, 0) is 0 Å². The van der Waals surface area contributed by atoms with Crippen molar-refractivity contribution in [2.45, 2.75) is 19.8 Å². The van der Waals surface area contributed by atoms with Crippen LogP contribution in [0.4, 0.5) is 11.5 Å². The number of aromatic nitrogens is 2. The topological polar surface area (TPSA) is 67.3 Å². The van der Waals surface area contributed by atoms with Gasteiger partial charge in [-0.2, -0.15) is 0 Å². The van der Waals surface area contributed by atoms with Gasteiger partial charge in [-0.1, -0.05) is 18.5 Å². The van der Waals surface area contributed by atoms with E-state index in [0.29, 0.717) is 28.2 Å². The molecule has 1 aliphatic rings. The minimum absolute atomic E-state index is 0.0511. The molecule has 1 fully saturated rings. The Labute approximate surface area is 152 Å². The van der Waals surface area contributed by atoms with Gasteiger partial charge in [-0.05, 0) is 37.0 Å². The summed E-state index contributed by atoms with van der Waals surface area (Å²) in [5.41, 5.74) is 1.15. The number of hydrogen-bond donors (Lipinski definition) is 1. The minimum atomic E-state index is -0.0511. The van der Waals surface area contributed by atoms with Crippen LogP contribution in [-0.4, -0.2) is 41.0 Å². The van der Waals surface area contributed by atoms with Crippen molar-refractivity contribution >= 4 is 29.0 Å². The van der Waals surface area contributed by atoms with Gasteiger partial charge in [-0.25, -0.2) is 9.97 Å². The number of carbonyl (C=O) groups is 1. The Hall–Kier alpha value is -2.34. The van der Waals surface area contributed by atoms with E-state index in [9.17, 15) is 4.79 Å². The molecule has 3 rings (SSSR count). The van der Waals surface area contributed by atoms with Crippen molar-refractivity contribution in [1.29, 1.82) is 0 Å². The van der Waals surface area contributed by atoms with E-state index in [1.165, 1.54) is 12.7 Å². The molecule has 6 nitrogen and oxygen atoms in total. The molecule has 0 saturated carbocycles. The summed E-state index contributed by atoms with van der Waals surface area (Å²) in [6, 6.07) is 7.02. The molecule has 2 heterocycles. The van der Waals surface area contributed by atoms with Crippen LogP contribution in [0.2, 0.25) is 5.02 Å². The first kappa shape index (κ1) is 17.5. The molecule has 1 aromatic heterocycles. The van der Waals surface area contributed by atoms with Gasteiger partial charge in [0.05, 0.1) is 12.1 Å². The first-order valence-electron chi connectivity index (χ1n) is 8.28. The summed E-state index contributed by atoms with van der Waals surface area (Å²) in [5.74, 6) is 1.62. The van der Waals surface area contributed by atoms with Gasteiger partial charge < -0.3 is 15.0 Å². The average Bonchev–Trinajstić information content (AvgIpc) is 2.61. The van der Waals surface area contributed by atoms with Crippen molar-refractivity contribution in [3.8, 4) is 5.75 Å². The number of anilines is 2. The summed E-state index contributed by atoms with van der Waals surface area (Å²) in [7, 11) is 1.57. The van der Waals surface area contributed by atoms with E-state index in [1.54, 1.807) is 25.3 Å². The Balaban J connectivity index is 1.75. The third-order valence-electron chi connectivity index (χ3n) is 4.25. The fourth-order valence-corrected chi connectivity index (χ4v) is 3.23. The largest absolute Gasteiger partial charge is 0.495 e. The minimum Gasteiger partial charge on any atom is -0.495 e. The zero-order valence-corrected chi connectivity index (χ0v) is 15.1. The maximum absolute atomic E-state index is 12.7. The van der Waals surface area contributed by atoms with Crippen LogP contribution in [0.25, 0.3) is 0 Å². The van der Waals surface area contributed by atoms with Gasteiger partial charge in [0.25, 0.3) is 5.91 Å². The molecule has 1 unspecified atom stereocenters. The van der Waals surface area contributed by atoms with Crippen molar-refractivity contribution < 1.29 is 9.53 Å². The van der Waals surface area contributed by atoms with Crippen LogP contribution in [0.1, 0.15) is 30.3 Å². The lowest BCUT2D eigenvalue weighted by Crippen LogP contribution is -2.39. The Morgan fingerprint density at radius 2 is 2.20 bits per heavy atom. The van der Waals surface area contributed by atoms with Crippen LogP contribution < -0.4 is 10.1 Å². The number of likely N-dealkylation sites (tertiary alicyclic amines) is 1. The maximum Gasteiger partial charge on any atom is 0.272 e. The van der Waals surface area contributed by atoms with Crippen LogP contribution >= 0.6 is 11.6 Å². The molecule has 0 bridgehead atoms. The summed E-state index contributed by atoms with van der Waals surface area (Å²) < 4.78 is 5.14. The number of nitrogens with zero attached hydrogens (tertiary/aromatic N) is 3. The number of benzene rings is 1. The van der Waals surface area contributed by atoms with Crippen LogP contribution in [0.5, 0.6) is 5.75 Å². The number of amides is 1. The highest BCUT2D eigenvalue weighted by atomic mass is 35.5. The van der Waals surface area contributed by atoms with Gasteiger partial charge in [0, 0.05) is 24.8 Å². The molecule has 0 radical (unpaired) electrons.